The molecule has 1 rings (SSSR count). The average molecular weight is 270 g/mol. The monoisotopic (exact) mass is 270 g/mol. The summed E-state index contributed by atoms with van der Waals surface area (Å²) in [5.41, 5.74) is 0. The quantitative estimate of drug-likeness (QED) is 0.777. The first-order valence-corrected chi connectivity index (χ1v) is 6.61. The Bertz CT molecular complexity index is 362. The molecule has 1 fully saturated rings. The van der Waals surface area contributed by atoms with Gasteiger partial charge in [0.1, 0.15) is 0 Å². The van der Waals surface area contributed by atoms with Crippen molar-refractivity contribution in [3.63, 3.8) is 0 Å². The lowest BCUT2D eigenvalue weighted by molar-refractivity contribution is -0.142. The molecule has 1 aliphatic heterocycles. The van der Waals surface area contributed by atoms with Crippen molar-refractivity contribution in [1.82, 2.24) is 10.2 Å². The standard InChI is InChI=1S/C13H22N2O4/c1-8(13(18)19)9(2)14-12(17)11-4-6-15(7-5-11)10(3)16/h8-9,11H,4-7H2,1-3H3,(H,14,17)(H,18,19). The van der Waals surface area contributed by atoms with Gasteiger partial charge in [-0.3, -0.25) is 14.4 Å². The summed E-state index contributed by atoms with van der Waals surface area (Å²) in [6.45, 7) is 5.98. The maximum atomic E-state index is 12.0. The molecule has 2 amide bonds. The second kappa shape index (κ2) is 6.54. The van der Waals surface area contributed by atoms with Crippen molar-refractivity contribution >= 4 is 17.8 Å². The van der Waals surface area contributed by atoms with Crippen LogP contribution in [0.4, 0.5) is 0 Å². The lowest BCUT2D eigenvalue weighted by Gasteiger charge is -2.31. The molecule has 108 valence electrons. The number of amides is 2. The van der Waals surface area contributed by atoms with Gasteiger partial charge in [0.25, 0.3) is 0 Å². The molecule has 0 aromatic carbocycles. The number of aliphatic carboxylic acids is 1. The predicted octanol–water partition coefficient (Wildman–Crippen LogP) is 0.470. The highest BCUT2D eigenvalue weighted by atomic mass is 16.4. The normalized spacial score (nSPS) is 19.6. The SMILES string of the molecule is CC(=O)N1CCC(C(=O)NC(C)C(C)C(=O)O)CC1. The van der Waals surface area contributed by atoms with Gasteiger partial charge in [-0.15, -0.1) is 0 Å². The maximum Gasteiger partial charge on any atom is 0.308 e. The van der Waals surface area contributed by atoms with Crippen LogP contribution in [0.2, 0.25) is 0 Å². The van der Waals surface area contributed by atoms with Crippen molar-refractivity contribution in [2.24, 2.45) is 11.8 Å². The minimum Gasteiger partial charge on any atom is -0.481 e. The number of nitrogens with one attached hydrogen (secondary N) is 1. The van der Waals surface area contributed by atoms with Gasteiger partial charge in [0.2, 0.25) is 11.8 Å². The summed E-state index contributed by atoms with van der Waals surface area (Å²) in [6, 6.07) is -0.393. The van der Waals surface area contributed by atoms with Crippen LogP contribution in [-0.2, 0) is 14.4 Å². The summed E-state index contributed by atoms with van der Waals surface area (Å²) in [7, 11) is 0. The van der Waals surface area contributed by atoms with Crippen molar-refractivity contribution in [1.29, 1.82) is 0 Å². The molecular formula is C13H22N2O4. The number of hydrogen-bond donors (Lipinski definition) is 2. The van der Waals surface area contributed by atoms with Crippen molar-refractivity contribution in [2.75, 3.05) is 13.1 Å². The van der Waals surface area contributed by atoms with Crippen LogP contribution in [-0.4, -0.2) is 46.9 Å². The minimum absolute atomic E-state index is 0.0340. The summed E-state index contributed by atoms with van der Waals surface area (Å²) in [4.78, 5) is 35.7. The molecule has 1 aliphatic rings. The van der Waals surface area contributed by atoms with Crippen molar-refractivity contribution < 1.29 is 19.5 Å². The van der Waals surface area contributed by atoms with Gasteiger partial charge in [-0.2, -0.15) is 0 Å². The van der Waals surface area contributed by atoms with Crippen LogP contribution in [0.3, 0.4) is 0 Å². The summed E-state index contributed by atoms with van der Waals surface area (Å²) in [5.74, 6) is -1.73. The van der Waals surface area contributed by atoms with Crippen molar-refractivity contribution in [2.45, 2.75) is 39.7 Å². The number of hydrogen-bond acceptors (Lipinski definition) is 3. The third-order valence-corrected chi connectivity index (χ3v) is 3.82. The zero-order valence-corrected chi connectivity index (χ0v) is 11.7. The van der Waals surface area contributed by atoms with E-state index in [1.54, 1.807) is 18.7 Å². The first kappa shape index (κ1) is 15.5. The molecule has 6 nitrogen and oxygen atoms in total. The van der Waals surface area contributed by atoms with Gasteiger partial charge in [0.05, 0.1) is 5.92 Å². The van der Waals surface area contributed by atoms with Crippen molar-refractivity contribution in [3.8, 4) is 0 Å². The fourth-order valence-corrected chi connectivity index (χ4v) is 2.14. The largest absolute Gasteiger partial charge is 0.481 e. The van der Waals surface area contributed by atoms with Crippen LogP contribution in [0, 0.1) is 11.8 Å². The number of likely N-dealkylation sites (tertiary alicyclic amines) is 1. The molecule has 0 spiro atoms. The Labute approximate surface area is 113 Å². The van der Waals surface area contributed by atoms with Gasteiger partial charge in [0, 0.05) is 32.0 Å². The molecule has 2 atom stereocenters. The lowest BCUT2D eigenvalue weighted by atomic mass is 9.94. The molecule has 1 heterocycles. The maximum absolute atomic E-state index is 12.0. The Morgan fingerprint density at radius 3 is 2.16 bits per heavy atom. The van der Waals surface area contributed by atoms with E-state index < -0.39 is 17.9 Å². The highest BCUT2D eigenvalue weighted by molar-refractivity contribution is 5.80. The summed E-state index contributed by atoms with van der Waals surface area (Å²) in [6.07, 6.45) is 1.28. The van der Waals surface area contributed by atoms with Gasteiger partial charge < -0.3 is 15.3 Å². The number of rotatable bonds is 4. The fourth-order valence-electron chi connectivity index (χ4n) is 2.14. The van der Waals surface area contributed by atoms with Crippen LogP contribution < -0.4 is 5.32 Å². The molecule has 6 heteroatoms. The first-order chi connectivity index (χ1) is 8.82. The van der Waals surface area contributed by atoms with E-state index in [1.807, 2.05) is 0 Å². The van der Waals surface area contributed by atoms with E-state index in [9.17, 15) is 14.4 Å². The van der Waals surface area contributed by atoms with Gasteiger partial charge in [-0.1, -0.05) is 0 Å². The number of carboxylic acid groups (broad SMARTS) is 1. The van der Waals surface area contributed by atoms with E-state index in [-0.39, 0.29) is 17.7 Å². The van der Waals surface area contributed by atoms with Gasteiger partial charge >= 0.3 is 5.97 Å². The predicted molar refractivity (Wildman–Crippen MR) is 69.4 cm³/mol. The van der Waals surface area contributed by atoms with E-state index in [2.05, 4.69) is 5.32 Å². The van der Waals surface area contributed by atoms with E-state index in [0.29, 0.717) is 25.9 Å². The van der Waals surface area contributed by atoms with Crippen molar-refractivity contribution in [3.05, 3.63) is 0 Å². The highest BCUT2D eigenvalue weighted by Gasteiger charge is 2.28. The van der Waals surface area contributed by atoms with Gasteiger partial charge in [0.15, 0.2) is 0 Å². The Hall–Kier alpha value is -1.59. The van der Waals surface area contributed by atoms with Crippen LogP contribution in [0.25, 0.3) is 0 Å². The number of carbonyl (C=O) groups excluding carboxylic acids is 2. The summed E-state index contributed by atoms with van der Waals surface area (Å²) in [5, 5.41) is 11.6. The van der Waals surface area contributed by atoms with Crippen LogP contribution in [0.5, 0.6) is 0 Å². The first-order valence-electron chi connectivity index (χ1n) is 6.61. The molecule has 0 aliphatic carbocycles. The molecule has 1 saturated heterocycles. The van der Waals surface area contributed by atoms with Crippen LogP contribution in [0.1, 0.15) is 33.6 Å². The number of carbonyl (C=O) groups is 3. The molecule has 19 heavy (non-hydrogen) atoms. The number of nitrogens with zero attached hydrogens (tertiary/aromatic N) is 1. The van der Waals surface area contributed by atoms with Crippen LogP contribution >= 0.6 is 0 Å². The highest BCUT2D eigenvalue weighted by Crippen LogP contribution is 2.18. The molecule has 0 saturated carbocycles. The van der Waals surface area contributed by atoms with E-state index in [0.717, 1.165) is 0 Å². The van der Waals surface area contributed by atoms with E-state index in [4.69, 9.17) is 5.11 Å². The number of carboxylic acids is 1. The minimum atomic E-state index is -0.917. The van der Waals surface area contributed by atoms with E-state index in [1.165, 1.54) is 6.92 Å². The third-order valence-electron chi connectivity index (χ3n) is 3.82. The molecular weight excluding hydrogens is 248 g/mol. The van der Waals surface area contributed by atoms with Gasteiger partial charge in [-0.05, 0) is 26.7 Å². The second-order valence-corrected chi connectivity index (χ2v) is 5.20. The molecule has 2 unspecified atom stereocenters. The molecule has 0 bridgehead atoms. The van der Waals surface area contributed by atoms with Crippen LogP contribution in [0.15, 0.2) is 0 Å². The molecule has 2 N–H and O–H groups in total. The van der Waals surface area contributed by atoms with E-state index >= 15 is 0 Å². The Balaban J connectivity index is 2.43. The second-order valence-electron chi connectivity index (χ2n) is 5.20. The smallest absolute Gasteiger partial charge is 0.308 e. The van der Waals surface area contributed by atoms with Gasteiger partial charge in [-0.25, -0.2) is 0 Å². The Morgan fingerprint density at radius 1 is 1.21 bits per heavy atom. The molecule has 0 aromatic heterocycles. The Morgan fingerprint density at radius 2 is 1.74 bits per heavy atom. The molecule has 0 radical (unpaired) electrons. The third kappa shape index (κ3) is 4.22. The summed E-state index contributed by atoms with van der Waals surface area (Å²) >= 11 is 0. The zero-order valence-electron chi connectivity index (χ0n) is 11.7. The molecule has 0 aromatic rings. The fraction of sp³-hybridized carbons (Fsp3) is 0.769. The Kier molecular flexibility index (Phi) is 5.32. The summed E-state index contributed by atoms with van der Waals surface area (Å²) < 4.78 is 0. The average Bonchev–Trinajstić information content (AvgIpc) is 2.37. The number of piperidine rings is 1. The topological polar surface area (TPSA) is 86.7 Å². The lowest BCUT2D eigenvalue weighted by Crippen LogP contribution is -2.46. The zero-order chi connectivity index (χ0) is 14.6.